The van der Waals surface area contributed by atoms with Gasteiger partial charge >= 0.3 is 0 Å². The van der Waals surface area contributed by atoms with Crippen LogP contribution in [0.15, 0.2) is 91.0 Å². The molecule has 49 heavy (non-hydrogen) atoms. The van der Waals surface area contributed by atoms with Gasteiger partial charge in [-0.15, -0.1) is 0 Å². The van der Waals surface area contributed by atoms with Gasteiger partial charge in [0.15, 0.2) is 24.2 Å². The first-order valence-corrected chi connectivity index (χ1v) is 17.3. The second kappa shape index (κ2) is 15.2. The molecule has 0 aromatic heterocycles. The Bertz CT molecular complexity index is 1450. The molecule has 4 fully saturated rings. The number of benzene rings is 3. The molecule has 0 radical (unpaired) electrons. The average molecular weight is 677 g/mol. The first-order chi connectivity index (χ1) is 23.7. The van der Waals surface area contributed by atoms with E-state index in [1.54, 1.807) is 0 Å². The predicted molar refractivity (Wildman–Crippen MR) is 178 cm³/mol. The lowest BCUT2D eigenvalue weighted by molar-refractivity contribution is -0.296. The molecule has 4 aliphatic heterocycles. The van der Waals surface area contributed by atoms with Crippen molar-refractivity contribution in [3.63, 3.8) is 0 Å². The van der Waals surface area contributed by atoms with Crippen LogP contribution in [-0.4, -0.2) is 80.1 Å². The van der Waals surface area contributed by atoms with Crippen LogP contribution in [0.2, 0.25) is 0 Å². The summed E-state index contributed by atoms with van der Waals surface area (Å²) in [4.78, 5) is 0. The molecule has 0 bridgehead atoms. The fourth-order valence-corrected chi connectivity index (χ4v) is 6.95. The zero-order valence-corrected chi connectivity index (χ0v) is 28.7. The van der Waals surface area contributed by atoms with Crippen LogP contribution in [0.1, 0.15) is 50.8 Å². The van der Waals surface area contributed by atoms with Gasteiger partial charge in [-0.3, -0.25) is 0 Å². The Morgan fingerprint density at radius 1 is 0.551 bits per heavy atom. The van der Waals surface area contributed by atoms with Crippen molar-refractivity contribution < 1.29 is 47.4 Å². The van der Waals surface area contributed by atoms with Crippen molar-refractivity contribution in [2.45, 2.75) is 121 Å². The Hall–Kier alpha value is -2.74. The lowest BCUT2D eigenvalue weighted by atomic mass is 9.99. The summed E-state index contributed by atoms with van der Waals surface area (Å²) in [6.07, 6.45) is -3.64. The van der Waals surface area contributed by atoms with E-state index in [1.807, 2.05) is 94.4 Å². The standard InChI is InChI=1S/C39H48O10/c1-38(2)46-34-31(45-37-36(35(34)47-38)48-39(3,4)49-37)25-42-32-20-29(41-22-27-16-10-6-11-17-27)33(43-23-28-18-12-7-13-19-28)30(44-32)24-40-21-26-14-8-5-9-15-26/h5-19,29-37H,20-25H2,1-4H3/t29-,30-,31-,32+,33+,34+,35+,36-,37-/m1/s1. The predicted octanol–water partition coefficient (Wildman–Crippen LogP) is 5.90. The molecule has 0 saturated carbocycles. The van der Waals surface area contributed by atoms with Crippen LogP contribution in [0.4, 0.5) is 0 Å². The van der Waals surface area contributed by atoms with Crippen molar-refractivity contribution in [3.05, 3.63) is 108 Å². The molecule has 4 aliphatic rings. The van der Waals surface area contributed by atoms with Crippen LogP contribution in [0.25, 0.3) is 0 Å². The molecular weight excluding hydrogens is 628 g/mol. The first kappa shape index (κ1) is 34.7. The molecule has 0 N–H and O–H groups in total. The molecular formula is C39H48O10. The minimum atomic E-state index is -0.802. The highest BCUT2D eigenvalue weighted by Gasteiger charge is 2.60. The largest absolute Gasteiger partial charge is 0.374 e. The quantitative estimate of drug-likeness (QED) is 0.218. The van der Waals surface area contributed by atoms with Gasteiger partial charge in [-0.05, 0) is 44.4 Å². The zero-order chi connectivity index (χ0) is 33.8. The molecule has 7 rings (SSSR count). The average Bonchev–Trinajstić information content (AvgIpc) is 3.60. The molecule has 4 heterocycles. The minimum Gasteiger partial charge on any atom is -0.374 e. The highest BCUT2D eigenvalue weighted by Crippen LogP contribution is 2.44. The molecule has 3 aromatic rings. The third-order valence-corrected chi connectivity index (χ3v) is 9.17. The first-order valence-electron chi connectivity index (χ1n) is 17.3. The summed E-state index contributed by atoms with van der Waals surface area (Å²) in [6.45, 7) is 9.30. The number of hydrogen-bond acceptors (Lipinski definition) is 10. The van der Waals surface area contributed by atoms with Gasteiger partial charge in [0.25, 0.3) is 0 Å². The fourth-order valence-electron chi connectivity index (χ4n) is 6.95. The summed E-state index contributed by atoms with van der Waals surface area (Å²) in [5, 5.41) is 0. The van der Waals surface area contributed by atoms with Crippen molar-refractivity contribution in [2.75, 3.05) is 13.2 Å². The smallest absolute Gasteiger partial charge is 0.190 e. The van der Waals surface area contributed by atoms with Crippen molar-refractivity contribution in [1.29, 1.82) is 0 Å². The maximum absolute atomic E-state index is 6.64. The Kier molecular flexibility index (Phi) is 10.8. The molecule has 0 aliphatic carbocycles. The highest BCUT2D eigenvalue weighted by molar-refractivity contribution is 5.15. The molecule has 0 amide bonds. The fraction of sp³-hybridized carbons (Fsp3) is 0.538. The summed E-state index contributed by atoms with van der Waals surface area (Å²) in [7, 11) is 0. The molecule has 3 aromatic carbocycles. The van der Waals surface area contributed by atoms with E-state index in [0.717, 1.165) is 16.7 Å². The molecule has 4 saturated heterocycles. The third-order valence-electron chi connectivity index (χ3n) is 9.17. The van der Waals surface area contributed by atoms with E-state index >= 15 is 0 Å². The van der Waals surface area contributed by atoms with E-state index in [1.165, 1.54) is 0 Å². The van der Waals surface area contributed by atoms with Gasteiger partial charge in [-0.1, -0.05) is 91.0 Å². The van der Waals surface area contributed by atoms with Gasteiger partial charge in [0.2, 0.25) is 0 Å². The molecule has 0 spiro atoms. The summed E-state index contributed by atoms with van der Waals surface area (Å²) in [5.41, 5.74) is 3.22. The van der Waals surface area contributed by atoms with E-state index < -0.39 is 54.7 Å². The van der Waals surface area contributed by atoms with E-state index in [0.29, 0.717) is 32.8 Å². The van der Waals surface area contributed by atoms with Gasteiger partial charge in [-0.2, -0.15) is 0 Å². The molecule has 264 valence electrons. The van der Waals surface area contributed by atoms with Gasteiger partial charge < -0.3 is 47.4 Å². The molecule has 10 nitrogen and oxygen atoms in total. The third kappa shape index (κ3) is 8.77. The SMILES string of the molecule is CC1(C)O[C@H]2[C@@H](O1)[C@@H](CO[C@@H]1C[C@@H](OCc3ccccc3)[C@H](OCc3ccccc3)[C@@H](COCc3ccccc3)O1)O[C@@H]1OC(C)(C)O[C@@H]12. The lowest BCUT2D eigenvalue weighted by Gasteiger charge is -2.42. The van der Waals surface area contributed by atoms with Crippen molar-refractivity contribution in [2.24, 2.45) is 0 Å². The van der Waals surface area contributed by atoms with Gasteiger partial charge in [0, 0.05) is 6.42 Å². The van der Waals surface area contributed by atoms with E-state index in [-0.39, 0.29) is 18.8 Å². The zero-order valence-electron chi connectivity index (χ0n) is 28.7. The summed E-state index contributed by atoms with van der Waals surface area (Å²) < 4.78 is 63.9. The van der Waals surface area contributed by atoms with Gasteiger partial charge in [0.1, 0.15) is 36.6 Å². The monoisotopic (exact) mass is 676 g/mol. The maximum atomic E-state index is 6.64. The van der Waals surface area contributed by atoms with Gasteiger partial charge in [0.05, 0.1) is 39.1 Å². The van der Waals surface area contributed by atoms with E-state index in [2.05, 4.69) is 24.3 Å². The topological polar surface area (TPSA) is 92.3 Å². The van der Waals surface area contributed by atoms with Crippen LogP contribution in [0.3, 0.4) is 0 Å². The van der Waals surface area contributed by atoms with Crippen LogP contribution in [0.5, 0.6) is 0 Å². The van der Waals surface area contributed by atoms with E-state index in [9.17, 15) is 0 Å². The minimum absolute atomic E-state index is 0.191. The maximum Gasteiger partial charge on any atom is 0.190 e. The van der Waals surface area contributed by atoms with Gasteiger partial charge in [-0.25, -0.2) is 0 Å². The molecule has 0 unspecified atom stereocenters. The van der Waals surface area contributed by atoms with Crippen molar-refractivity contribution in [3.8, 4) is 0 Å². The second-order valence-corrected chi connectivity index (χ2v) is 14.0. The van der Waals surface area contributed by atoms with Crippen LogP contribution in [-0.2, 0) is 67.2 Å². The van der Waals surface area contributed by atoms with Crippen molar-refractivity contribution >= 4 is 0 Å². The Labute approximate surface area is 288 Å². The number of hydrogen-bond donors (Lipinski definition) is 0. The molecule has 10 heteroatoms. The van der Waals surface area contributed by atoms with Crippen LogP contribution < -0.4 is 0 Å². The molecule has 9 atom stereocenters. The van der Waals surface area contributed by atoms with Crippen LogP contribution in [0, 0.1) is 0 Å². The summed E-state index contributed by atoms with van der Waals surface area (Å²) in [6, 6.07) is 30.3. The Morgan fingerprint density at radius 3 is 1.76 bits per heavy atom. The van der Waals surface area contributed by atoms with Crippen LogP contribution >= 0.6 is 0 Å². The Balaban J connectivity index is 1.07. The van der Waals surface area contributed by atoms with E-state index in [4.69, 9.17) is 47.4 Å². The summed E-state index contributed by atoms with van der Waals surface area (Å²) in [5.74, 6) is -1.60. The summed E-state index contributed by atoms with van der Waals surface area (Å²) >= 11 is 0. The number of rotatable bonds is 13. The lowest BCUT2D eigenvalue weighted by Crippen LogP contribution is -2.57. The van der Waals surface area contributed by atoms with Crippen molar-refractivity contribution in [1.82, 2.24) is 0 Å². The number of fused-ring (bicyclic) bond motifs is 3. The number of ether oxygens (including phenoxy) is 10. The normalized spacial score (nSPS) is 33.2. The second-order valence-electron chi connectivity index (χ2n) is 14.0. The Morgan fingerprint density at radius 2 is 1.10 bits per heavy atom. The highest BCUT2D eigenvalue weighted by atomic mass is 16.9.